The zero-order chi connectivity index (χ0) is 17.0. The van der Waals surface area contributed by atoms with Crippen molar-refractivity contribution in [3.63, 3.8) is 0 Å². The van der Waals surface area contributed by atoms with Crippen LogP contribution in [0.2, 0.25) is 0 Å². The van der Waals surface area contributed by atoms with Crippen molar-refractivity contribution < 1.29 is 0 Å². The average molecular weight is 313 g/mol. The monoisotopic (exact) mass is 313 g/mol. The normalized spacial score (nSPS) is 12.6. The summed E-state index contributed by atoms with van der Waals surface area (Å²) in [5.41, 5.74) is 4.57. The maximum Gasteiger partial charge on any atom is 0.486 e. The van der Waals surface area contributed by atoms with Crippen LogP contribution < -0.4 is 9.71 Å². The van der Waals surface area contributed by atoms with Crippen LogP contribution >= 0.6 is 0 Å². The van der Waals surface area contributed by atoms with Crippen molar-refractivity contribution in [1.82, 2.24) is 4.39 Å². The molecular formula is C21H22BN2+. The smallest absolute Gasteiger partial charge is 0.374 e. The number of benzene rings is 3. The fraction of sp³-hybridized carbons (Fsp3) is 0.143. The summed E-state index contributed by atoms with van der Waals surface area (Å²) >= 11 is 0. The lowest BCUT2D eigenvalue weighted by molar-refractivity contribution is 0.633. The molecule has 0 aliphatic rings. The Kier molecular flexibility index (Phi) is 4.72. The van der Waals surface area contributed by atoms with Gasteiger partial charge in [-0.2, -0.15) is 0 Å². The van der Waals surface area contributed by atoms with Crippen LogP contribution in [-0.2, 0) is 0 Å². The maximum atomic E-state index is 6.38. The van der Waals surface area contributed by atoms with E-state index in [1.807, 2.05) is 44.4 Å². The Balaban J connectivity index is 2.09. The minimum atomic E-state index is 0.0331. The summed E-state index contributed by atoms with van der Waals surface area (Å²) in [5.74, 6) is 0. The molecule has 0 saturated heterocycles. The number of anilines is 1. The summed E-state index contributed by atoms with van der Waals surface area (Å²) in [6.07, 6.45) is 0. The van der Waals surface area contributed by atoms with E-state index in [4.69, 9.17) is 7.98 Å². The number of hydrogen-bond acceptors (Lipinski definition) is 1. The zero-order valence-electron chi connectivity index (χ0n) is 14.2. The maximum absolute atomic E-state index is 6.38. The van der Waals surface area contributed by atoms with Gasteiger partial charge in [-0.15, -0.1) is 0 Å². The summed E-state index contributed by atoms with van der Waals surface area (Å²) < 4.78 is 0.288. The Bertz CT molecular complexity index is 780. The van der Waals surface area contributed by atoms with E-state index >= 15 is 0 Å². The van der Waals surface area contributed by atoms with Gasteiger partial charge in [0.05, 0.1) is 20.1 Å². The second-order valence-corrected chi connectivity index (χ2v) is 6.45. The molecule has 118 valence electrons. The average Bonchev–Trinajstić information content (AvgIpc) is 2.61. The first kappa shape index (κ1) is 16.3. The van der Waals surface area contributed by atoms with Gasteiger partial charge in [0.15, 0.2) is 0 Å². The Labute approximate surface area is 145 Å². The third kappa shape index (κ3) is 3.69. The van der Waals surface area contributed by atoms with Crippen LogP contribution in [0.15, 0.2) is 84.9 Å². The minimum Gasteiger partial charge on any atom is -0.374 e. The van der Waals surface area contributed by atoms with Crippen LogP contribution in [0.3, 0.4) is 0 Å². The molecule has 1 N–H and O–H groups in total. The van der Waals surface area contributed by atoms with Gasteiger partial charge in [0, 0.05) is 11.3 Å². The van der Waals surface area contributed by atoms with Crippen molar-refractivity contribution in [2.75, 3.05) is 19.4 Å². The van der Waals surface area contributed by atoms with Crippen molar-refractivity contribution >= 4 is 19.4 Å². The fourth-order valence-electron chi connectivity index (χ4n) is 2.94. The van der Waals surface area contributed by atoms with Gasteiger partial charge in [0.2, 0.25) is 0 Å². The zero-order valence-corrected chi connectivity index (χ0v) is 14.2. The first-order valence-electron chi connectivity index (χ1n) is 8.14. The molecule has 3 aromatic carbocycles. The molecule has 3 rings (SSSR count). The van der Waals surface area contributed by atoms with E-state index < -0.39 is 0 Å². The SMILES string of the molecule is [B][N+](C)(C)c1ccccc1C(Nc1ccccc1)c1ccccc1. The van der Waals surface area contributed by atoms with E-state index in [0.717, 1.165) is 11.4 Å². The molecule has 2 nitrogen and oxygen atoms in total. The highest BCUT2D eigenvalue weighted by atomic mass is 15.2. The third-order valence-corrected chi connectivity index (χ3v) is 4.09. The highest BCUT2D eigenvalue weighted by Crippen LogP contribution is 2.34. The number of hydrogen-bond donors (Lipinski definition) is 1. The topological polar surface area (TPSA) is 12.0 Å². The molecule has 3 heteroatoms. The van der Waals surface area contributed by atoms with Crippen LogP contribution in [0.1, 0.15) is 17.2 Å². The van der Waals surface area contributed by atoms with Gasteiger partial charge in [0.25, 0.3) is 0 Å². The largest absolute Gasteiger partial charge is 0.486 e. The van der Waals surface area contributed by atoms with Gasteiger partial charge in [-0.25, -0.2) is 0 Å². The van der Waals surface area contributed by atoms with Crippen molar-refractivity contribution in [2.45, 2.75) is 6.04 Å². The van der Waals surface area contributed by atoms with Crippen molar-refractivity contribution in [2.24, 2.45) is 0 Å². The second kappa shape index (κ2) is 6.94. The highest BCUT2D eigenvalue weighted by Gasteiger charge is 2.24. The van der Waals surface area contributed by atoms with Crippen molar-refractivity contribution in [3.05, 3.63) is 96.1 Å². The number of para-hydroxylation sites is 2. The van der Waals surface area contributed by atoms with Crippen LogP contribution in [0.25, 0.3) is 0 Å². The molecule has 0 spiro atoms. The Hall–Kier alpha value is -2.52. The summed E-state index contributed by atoms with van der Waals surface area (Å²) in [6.45, 7) is 0. The van der Waals surface area contributed by atoms with Gasteiger partial charge >= 0.3 is 7.98 Å². The molecule has 2 radical (unpaired) electrons. The van der Waals surface area contributed by atoms with Gasteiger partial charge < -0.3 is 9.71 Å². The van der Waals surface area contributed by atoms with E-state index in [0.29, 0.717) is 0 Å². The minimum absolute atomic E-state index is 0.0331. The molecule has 0 fully saturated rings. The van der Waals surface area contributed by atoms with Gasteiger partial charge in [-0.1, -0.05) is 66.7 Å². The fourth-order valence-corrected chi connectivity index (χ4v) is 2.94. The van der Waals surface area contributed by atoms with Gasteiger partial charge in [-0.05, 0) is 23.8 Å². The lowest BCUT2D eigenvalue weighted by Crippen LogP contribution is -2.38. The van der Waals surface area contributed by atoms with E-state index in [1.165, 1.54) is 11.1 Å². The molecule has 0 aliphatic heterocycles. The molecule has 0 heterocycles. The first-order chi connectivity index (χ1) is 11.6. The second-order valence-electron chi connectivity index (χ2n) is 6.45. The predicted molar refractivity (Wildman–Crippen MR) is 104 cm³/mol. The summed E-state index contributed by atoms with van der Waals surface area (Å²) in [5, 5.41) is 3.66. The van der Waals surface area contributed by atoms with Crippen LogP contribution in [0.5, 0.6) is 0 Å². The molecule has 24 heavy (non-hydrogen) atoms. The molecular weight excluding hydrogens is 291 g/mol. The molecule has 0 aliphatic carbocycles. The van der Waals surface area contributed by atoms with Crippen LogP contribution in [0.4, 0.5) is 11.4 Å². The Morgan fingerprint density at radius 1 is 0.750 bits per heavy atom. The molecule has 0 aromatic heterocycles. The van der Waals surface area contributed by atoms with E-state index in [2.05, 4.69) is 59.9 Å². The molecule has 0 amide bonds. The number of nitrogens with zero attached hydrogens (tertiary/aromatic N) is 1. The van der Waals surface area contributed by atoms with E-state index in [-0.39, 0.29) is 10.4 Å². The van der Waals surface area contributed by atoms with E-state index in [9.17, 15) is 0 Å². The Morgan fingerprint density at radius 3 is 1.92 bits per heavy atom. The number of rotatable bonds is 5. The van der Waals surface area contributed by atoms with Gasteiger partial charge in [0.1, 0.15) is 5.69 Å². The van der Waals surface area contributed by atoms with E-state index in [1.54, 1.807) is 0 Å². The number of quaternary nitrogens is 1. The standard InChI is InChI=1S/C21H22BN2/c1-24(2,22)20-16-10-9-15-19(20)21(17-11-5-3-6-12-17)23-18-13-7-4-8-14-18/h3-16,21,23H,1-2H3/q+1. The van der Waals surface area contributed by atoms with Crippen LogP contribution in [0, 0.1) is 0 Å². The lowest BCUT2D eigenvalue weighted by Gasteiger charge is -2.30. The Morgan fingerprint density at radius 2 is 1.29 bits per heavy atom. The lowest BCUT2D eigenvalue weighted by atomic mass is 9.94. The molecule has 0 bridgehead atoms. The predicted octanol–water partition coefficient (Wildman–Crippen LogP) is 4.54. The highest BCUT2D eigenvalue weighted by molar-refractivity contribution is 6.13. The molecule has 3 aromatic rings. The molecule has 1 atom stereocenters. The van der Waals surface area contributed by atoms with Gasteiger partial charge in [-0.3, -0.25) is 0 Å². The first-order valence-corrected chi connectivity index (χ1v) is 8.14. The third-order valence-electron chi connectivity index (χ3n) is 4.09. The van der Waals surface area contributed by atoms with Crippen molar-refractivity contribution in [1.29, 1.82) is 0 Å². The number of nitrogens with one attached hydrogen (secondary N) is 1. The molecule has 1 unspecified atom stereocenters. The summed E-state index contributed by atoms with van der Waals surface area (Å²) in [6, 6.07) is 29.1. The quantitative estimate of drug-likeness (QED) is 0.682. The molecule has 0 saturated carbocycles. The van der Waals surface area contributed by atoms with Crippen LogP contribution in [-0.4, -0.2) is 22.1 Å². The summed E-state index contributed by atoms with van der Waals surface area (Å²) in [7, 11) is 10.4. The van der Waals surface area contributed by atoms with Crippen molar-refractivity contribution in [3.8, 4) is 0 Å². The summed E-state index contributed by atoms with van der Waals surface area (Å²) in [4.78, 5) is 0.